The number of carbonyl (C=O) groups excluding carboxylic acids is 2. The third-order valence-corrected chi connectivity index (χ3v) is 6.73. The van der Waals surface area contributed by atoms with Crippen LogP contribution in [-0.4, -0.2) is 17.9 Å². The van der Waals surface area contributed by atoms with Gasteiger partial charge in [0.15, 0.2) is 0 Å². The van der Waals surface area contributed by atoms with Crippen LogP contribution in [0.3, 0.4) is 0 Å². The van der Waals surface area contributed by atoms with Gasteiger partial charge in [-0.25, -0.2) is 0 Å². The third-order valence-electron chi connectivity index (χ3n) is 5.60. The van der Waals surface area contributed by atoms with E-state index in [0.717, 1.165) is 36.1 Å². The maximum Gasteiger partial charge on any atom is 0.248 e. The lowest BCUT2D eigenvalue weighted by Gasteiger charge is -2.32. The first-order valence-corrected chi connectivity index (χ1v) is 11.8. The van der Waals surface area contributed by atoms with E-state index in [1.165, 1.54) is 0 Å². The van der Waals surface area contributed by atoms with Crippen LogP contribution in [0.5, 0.6) is 0 Å². The lowest BCUT2D eigenvalue weighted by atomic mass is 10.0. The number of anilines is 1. The monoisotopic (exact) mass is 452 g/mol. The van der Waals surface area contributed by atoms with Crippen LogP contribution in [0, 0.1) is 0 Å². The molecule has 0 spiro atoms. The highest BCUT2D eigenvalue weighted by Gasteiger charge is 2.34. The van der Waals surface area contributed by atoms with Crippen molar-refractivity contribution in [2.24, 2.45) is 0 Å². The zero-order chi connectivity index (χ0) is 21.6. The largest absolute Gasteiger partial charge is 0.351 e. The summed E-state index contributed by atoms with van der Waals surface area (Å²) in [6, 6.07) is 19.9. The predicted octanol–water partition coefficient (Wildman–Crippen LogP) is 5.78. The Morgan fingerprint density at radius 1 is 1.00 bits per heavy atom. The molecule has 4 rings (SSSR count). The summed E-state index contributed by atoms with van der Waals surface area (Å²) >= 11 is 7.65. The van der Waals surface area contributed by atoms with Crippen molar-refractivity contribution in [3.63, 3.8) is 0 Å². The van der Waals surface area contributed by atoms with Gasteiger partial charge in [-0.3, -0.25) is 14.5 Å². The Kier molecular flexibility index (Phi) is 7.05. The normalized spacial score (nSPS) is 14.9. The lowest BCUT2D eigenvalue weighted by molar-refractivity contribution is -0.127. The van der Waals surface area contributed by atoms with Crippen molar-refractivity contribution in [1.29, 1.82) is 0 Å². The Balaban J connectivity index is 1.73. The summed E-state index contributed by atoms with van der Waals surface area (Å²) in [5.41, 5.74) is 1.44. The second kappa shape index (κ2) is 10.1. The minimum atomic E-state index is -0.771. The SMILES string of the molecule is O=C(NC1CCCC1)[C@H](c1ccc(Cl)cc1)N(C(=O)Cc1cccs1)c1ccccc1. The molecule has 0 radical (unpaired) electrons. The number of nitrogens with zero attached hydrogens (tertiary/aromatic N) is 1. The summed E-state index contributed by atoms with van der Waals surface area (Å²) in [5, 5.41) is 5.74. The molecule has 1 aliphatic carbocycles. The highest BCUT2D eigenvalue weighted by atomic mass is 35.5. The van der Waals surface area contributed by atoms with Crippen molar-refractivity contribution >= 4 is 40.4 Å². The smallest absolute Gasteiger partial charge is 0.248 e. The second-order valence-corrected chi connectivity index (χ2v) is 9.27. The molecule has 0 unspecified atom stereocenters. The van der Waals surface area contributed by atoms with Gasteiger partial charge in [-0.2, -0.15) is 0 Å². The van der Waals surface area contributed by atoms with Gasteiger partial charge in [-0.05, 0) is 54.1 Å². The molecule has 2 aromatic carbocycles. The number of benzene rings is 2. The van der Waals surface area contributed by atoms with E-state index in [1.807, 2.05) is 60.0 Å². The average molecular weight is 453 g/mol. The number of carbonyl (C=O) groups is 2. The molecular weight excluding hydrogens is 428 g/mol. The van der Waals surface area contributed by atoms with Gasteiger partial charge in [0.05, 0.1) is 6.42 Å². The number of amides is 2. The highest BCUT2D eigenvalue weighted by molar-refractivity contribution is 7.10. The Labute approximate surface area is 191 Å². The molecule has 1 atom stereocenters. The molecule has 1 aromatic heterocycles. The van der Waals surface area contributed by atoms with Crippen LogP contribution in [0.1, 0.15) is 42.2 Å². The number of rotatable bonds is 7. The molecular formula is C25H25ClN2O2S. The minimum Gasteiger partial charge on any atom is -0.351 e. The van der Waals surface area contributed by atoms with Crippen LogP contribution in [0.4, 0.5) is 5.69 Å². The Hall–Kier alpha value is -2.63. The van der Waals surface area contributed by atoms with E-state index in [0.29, 0.717) is 10.7 Å². The van der Waals surface area contributed by atoms with Crippen molar-refractivity contribution in [3.8, 4) is 0 Å². The molecule has 0 aliphatic heterocycles. The molecule has 0 saturated heterocycles. The number of thiophene rings is 1. The zero-order valence-electron chi connectivity index (χ0n) is 17.2. The fourth-order valence-electron chi connectivity index (χ4n) is 4.09. The number of para-hydroxylation sites is 1. The highest BCUT2D eigenvalue weighted by Crippen LogP contribution is 2.31. The van der Waals surface area contributed by atoms with Gasteiger partial charge < -0.3 is 5.32 Å². The third kappa shape index (κ3) is 5.35. The van der Waals surface area contributed by atoms with Gasteiger partial charge in [-0.1, -0.05) is 60.8 Å². The quantitative estimate of drug-likeness (QED) is 0.494. The first kappa shape index (κ1) is 21.6. The van der Waals surface area contributed by atoms with Crippen LogP contribution in [0.25, 0.3) is 0 Å². The molecule has 1 fully saturated rings. The van der Waals surface area contributed by atoms with Gasteiger partial charge in [0.25, 0.3) is 0 Å². The molecule has 0 bridgehead atoms. The van der Waals surface area contributed by atoms with Gasteiger partial charge in [0.2, 0.25) is 11.8 Å². The van der Waals surface area contributed by atoms with E-state index in [9.17, 15) is 9.59 Å². The van der Waals surface area contributed by atoms with Crippen LogP contribution in [0.2, 0.25) is 5.02 Å². The van der Waals surface area contributed by atoms with E-state index < -0.39 is 6.04 Å². The lowest BCUT2D eigenvalue weighted by Crippen LogP contribution is -2.46. The van der Waals surface area contributed by atoms with Crippen molar-refractivity contribution in [1.82, 2.24) is 5.32 Å². The molecule has 160 valence electrons. The standard InChI is InChI=1S/C25H25ClN2O2S/c26-19-14-12-18(13-15-19)24(25(30)27-20-7-4-5-8-20)28(21-9-2-1-3-10-21)23(29)17-22-11-6-16-31-22/h1-3,6,9-16,20,24H,4-5,7-8,17H2,(H,27,30)/t24-/m0/s1. The van der Waals surface area contributed by atoms with E-state index in [-0.39, 0.29) is 24.3 Å². The average Bonchev–Trinajstić information content (AvgIpc) is 3.47. The molecule has 4 nitrogen and oxygen atoms in total. The molecule has 6 heteroatoms. The predicted molar refractivity (Wildman–Crippen MR) is 127 cm³/mol. The van der Waals surface area contributed by atoms with Gasteiger partial charge in [-0.15, -0.1) is 11.3 Å². The molecule has 2 amide bonds. The van der Waals surface area contributed by atoms with E-state index in [4.69, 9.17) is 11.6 Å². The van der Waals surface area contributed by atoms with Crippen molar-refractivity contribution in [2.45, 2.75) is 44.2 Å². The molecule has 1 heterocycles. The van der Waals surface area contributed by atoms with Crippen LogP contribution >= 0.6 is 22.9 Å². The maximum atomic E-state index is 13.6. The number of nitrogens with one attached hydrogen (secondary N) is 1. The zero-order valence-corrected chi connectivity index (χ0v) is 18.7. The summed E-state index contributed by atoms with van der Waals surface area (Å²) in [6.07, 6.45) is 4.45. The fourth-order valence-corrected chi connectivity index (χ4v) is 4.91. The van der Waals surface area contributed by atoms with Gasteiger partial charge >= 0.3 is 0 Å². The van der Waals surface area contributed by atoms with Crippen LogP contribution in [0.15, 0.2) is 72.1 Å². The summed E-state index contributed by atoms with van der Waals surface area (Å²) < 4.78 is 0. The topological polar surface area (TPSA) is 49.4 Å². The minimum absolute atomic E-state index is 0.116. The number of hydrogen-bond donors (Lipinski definition) is 1. The van der Waals surface area contributed by atoms with Gasteiger partial charge in [0, 0.05) is 21.6 Å². The molecule has 1 saturated carbocycles. The number of hydrogen-bond acceptors (Lipinski definition) is 3. The summed E-state index contributed by atoms with van der Waals surface area (Å²) in [6.45, 7) is 0. The second-order valence-electron chi connectivity index (χ2n) is 7.80. The van der Waals surface area contributed by atoms with Crippen LogP contribution < -0.4 is 10.2 Å². The molecule has 1 aliphatic rings. The van der Waals surface area contributed by atoms with E-state index >= 15 is 0 Å². The summed E-state index contributed by atoms with van der Waals surface area (Å²) in [5.74, 6) is -0.271. The Bertz CT molecular complexity index is 1000. The van der Waals surface area contributed by atoms with Crippen molar-refractivity contribution in [2.75, 3.05) is 4.90 Å². The maximum absolute atomic E-state index is 13.6. The molecule has 1 N–H and O–H groups in total. The summed E-state index contributed by atoms with van der Waals surface area (Å²) in [4.78, 5) is 29.7. The van der Waals surface area contributed by atoms with Crippen molar-refractivity contribution in [3.05, 3.63) is 87.6 Å². The molecule has 3 aromatic rings. The fraction of sp³-hybridized carbons (Fsp3) is 0.280. The van der Waals surface area contributed by atoms with Crippen LogP contribution in [-0.2, 0) is 16.0 Å². The first-order chi connectivity index (χ1) is 15.1. The number of halogens is 1. The van der Waals surface area contributed by atoms with Crippen molar-refractivity contribution < 1.29 is 9.59 Å². The first-order valence-electron chi connectivity index (χ1n) is 10.6. The Morgan fingerprint density at radius 3 is 2.35 bits per heavy atom. The van der Waals surface area contributed by atoms with E-state index in [2.05, 4.69) is 5.32 Å². The summed E-state index contributed by atoms with van der Waals surface area (Å²) in [7, 11) is 0. The Morgan fingerprint density at radius 2 is 1.71 bits per heavy atom. The molecule has 31 heavy (non-hydrogen) atoms. The van der Waals surface area contributed by atoms with Gasteiger partial charge in [0.1, 0.15) is 6.04 Å². The van der Waals surface area contributed by atoms with E-state index in [1.54, 1.807) is 28.4 Å².